The molecule has 10 aromatic rings. The molecule has 2 aliphatic carbocycles. The Hall–Kier alpha value is -7.94. The average Bonchev–Trinajstić information content (AvgIpc) is 3.81. The van der Waals surface area contributed by atoms with Crippen molar-refractivity contribution < 1.29 is 0 Å². The number of hydrogen-bond acceptors (Lipinski definition) is 2. The number of rotatable bonds is 6. The topological polar surface area (TPSA) is 25.8 Å². The molecule has 0 radical (unpaired) electrons. The first-order valence-electron chi connectivity index (χ1n) is 21.0. The van der Waals surface area contributed by atoms with Crippen LogP contribution >= 0.6 is 0 Å². The van der Waals surface area contributed by atoms with Gasteiger partial charge in [0.25, 0.3) is 0 Å². The predicted octanol–water partition coefficient (Wildman–Crippen LogP) is 14.8. The van der Waals surface area contributed by atoms with E-state index in [1.54, 1.807) is 0 Å². The third-order valence-corrected chi connectivity index (χ3v) is 12.8. The molecular weight excluding hydrogens is 737 g/mol. The Morgan fingerprint density at radius 1 is 0.230 bits per heavy atom. The Labute approximate surface area is 356 Å². The summed E-state index contributed by atoms with van der Waals surface area (Å²) in [6.07, 6.45) is 0. The molecular formula is C59H38N2. The molecule has 2 aliphatic rings. The third kappa shape index (κ3) is 5.57. The first-order valence-corrected chi connectivity index (χ1v) is 21.0. The average molecular weight is 775 g/mol. The second-order valence-electron chi connectivity index (χ2n) is 16.0. The van der Waals surface area contributed by atoms with Crippen LogP contribution in [0.25, 0.3) is 89.5 Å². The molecule has 0 fully saturated rings. The van der Waals surface area contributed by atoms with Crippen LogP contribution in [0.2, 0.25) is 0 Å². The van der Waals surface area contributed by atoms with Crippen molar-refractivity contribution >= 4 is 0 Å². The molecule has 12 rings (SSSR count). The molecule has 0 aliphatic heterocycles. The van der Waals surface area contributed by atoms with Crippen LogP contribution in [0.1, 0.15) is 22.3 Å². The highest BCUT2D eigenvalue weighted by Crippen LogP contribution is 2.63. The molecule has 284 valence electrons. The van der Waals surface area contributed by atoms with Crippen LogP contribution in [0.15, 0.2) is 231 Å². The molecule has 9 aromatic carbocycles. The smallest absolute Gasteiger partial charge is 0.160 e. The maximum Gasteiger partial charge on any atom is 0.160 e. The maximum absolute atomic E-state index is 5.20. The number of benzene rings is 9. The molecule has 0 amide bonds. The second kappa shape index (κ2) is 14.1. The fourth-order valence-electron chi connectivity index (χ4n) is 10.0. The number of fused-ring (bicyclic) bond motifs is 10. The fourth-order valence-corrected chi connectivity index (χ4v) is 10.0. The van der Waals surface area contributed by atoms with Crippen molar-refractivity contribution in [3.05, 3.63) is 253 Å². The molecule has 0 saturated carbocycles. The Balaban J connectivity index is 0.966. The summed E-state index contributed by atoms with van der Waals surface area (Å²) in [7, 11) is 0. The summed E-state index contributed by atoms with van der Waals surface area (Å²) in [6.45, 7) is 0. The van der Waals surface area contributed by atoms with Crippen molar-refractivity contribution in [2.24, 2.45) is 0 Å². The Morgan fingerprint density at radius 2 is 0.623 bits per heavy atom. The third-order valence-electron chi connectivity index (χ3n) is 12.8. The highest BCUT2D eigenvalue weighted by Gasteiger charge is 2.51. The molecule has 2 nitrogen and oxygen atoms in total. The lowest BCUT2D eigenvalue weighted by atomic mass is 9.70. The molecule has 61 heavy (non-hydrogen) atoms. The first kappa shape index (κ1) is 35.0. The van der Waals surface area contributed by atoms with Crippen LogP contribution in [0.4, 0.5) is 0 Å². The Kier molecular flexibility index (Phi) is 8.11. The van der Waals surface area contributed by atoms with Crippen LogP contribution in [0.5, 0.6) is 0 Å². The van der Waals surface area contributed by atoms with Gasteiger partial charge in [0.2, 0.25) is 0 Å². The molecule has 1 spiro atoms. The molecule has 0 saturated heterocycles. The fraction of sp³-hybridized carbons (Fsp3) is 0.0169. The Bertz CT molecular complexity index is 3250. The van der Waals surface area contributed by atoms with Crippen molar-refractivity contribution in [3.8, 4) is 89.5 Å². The zero-order valence-corrected chi connectivity index (χ0v) is 33.3. The lowest BCUT2D eigenvalue weighted by Gasteiger charge is -2.30. The van der Waals surface area contributed by atoms with Crippen molar-refractivity contribution in [2.75, 3.05) is 0 Å². The highest BCUT2D eigenvalue weighted by molar-refractivity contribution is 5.97. The minimum Gasteiger partial charge on any atom is -0.228 e. The van der Waals surface area contributed by atoms with Gasteiger partial charge in [-0.3, -0.25) is 0 Å². The molecule has 0 bridgehead atoms. The van der Waals surface area contributed by atoms with Gasteiger partial charge in [-0.1, -0.05) is 212 Å². The van der Waals surface area contributed by atoms with E-state index in [1.165, 1.54) is 72.3 Å². The summed E-state index contributed by atoms with van der Waals surface area (Å²) in [5, 5.41) is 0. The SMILES string of the molecule is c1ccc(-c2ccc(-c3cc(-c4cccc(-c5ccccc5-c5ccc6c(c5)-c5ccccc5C65c6ccccc6-c6ccccc65)c4)nc(-c4ccccc4)n3)cc2)cc1. The van der Waals surface area contributed by atoms with Crippen molar-refractivity contribution in [1.82, 2.24) is 9.97 Å². The van der Waals surface area contributed by atoms with E-state index in [1.807, 2.05) is 18.2 Å². The van der Waals surface area contributed by atoms with E-state index >= 15 is 0 Å². The van der Waals surface area contributed by atoms with Crippen molar-refractivity contribution in [1.29, 1.82) is 0 Å². The number of aromatic nitrogens is 2. The predicted molar refractivity (Wildman–Crippen MR) is 251 cm³/mol. The van der Waals surface area contributed by atoms with Gasteiger partial charge in [-0.2, -0.15) is 0 Å². The van der Waals surface area contributed by atoms with Gasteiger partial charge in [0.1, 0.15) is 0 Å². The molecule has 1 heterocycles. The van der Waals surface area contributed by atoms with Gasteiger partial charge in [0.15, 0.2) is 5.82 Å². The zero-order chi connectivity index (χ0) is 40.3. The van der Waals surface area contributed by atoms with Crippen LogP contribution in [-0.4, -0.2) is 9.97 Å². The summed E-state index contributed by atoms with van der Waals surface area (Å²) in [5.41, 5.74) is 22.2. The van der Waals surface area contributed by atoms with E-state index in [-0.39, 0.29) is 5.41 Å². The van der Waals surface area contributed by atoms with E-state index in [2.05, 4.69) is 212 Å². The zero-order valence-electron chi connectivity index (χ0n) is 33.3. The van der Waals surface area contributed by atoms with Crippen LogP contribution in [-0.2, 0) is 5.41 Å². The molecule has 0 N–H and O–H groups in total. The van der Waals surface area contributed by atoms with E-state index in [0.29, 0.717) is 5.82 Å². The van der Waals surface area contributed by atoms with E-state index in [9.17, 15) is 0 Å². The second-order valence-corrected chi connectivity index (χ2v) is 16.0. The quantitative estimate of drug-likeness (QED) is 0.168. The van der Waals surface area contributed by atoms with Crippen molar-refractivity contribution in [2.45, 2.75) is 5.41 Å². The van der Waals surface area contributed by atoms with E-state index < -0.39 is 0 Å². The Morgan fingerprint density at radius 3 is 1.23 bits per heavy atom. The van der Waals surface area contributed by atoms with Gasteiger partial charge in [0.05, 0.1) is 16.8 Å². The standard InChI is InChI=1S/C59H38N2/c1-3-16-39(17-4-1)40-30-32-41(33-31-40)56-38-57(61-58(60-56)42-18-5-2-6-19-42)45-21-15-20-43(36-45)46-22-7-8-23-47(46)44-34-35-55-51(37-44)50-26-11-14-29-54(50)59(55)52-27-12-9-24-48(52)49-25-10-13-28-53(49)59/h1-38H. The highest BCUT2D eigenvalue weighted by atomic mass is 14.9. The van der Waals surface area contributed by atoms with Gasteiger partial charge >= 0.3 is 0 Å². The van der Waals surface area contributed by atoms with Gasteiger partial charge < -0.3 is 0 Å². The minimum absolute atomic E-state index is 0.357. The molecule has 0 atom stereocenters. The maximum atomic E-state index is 5.20. The molecule has 1 aromatic heterocycles. The first-order chi connectivity index (χ1) is 30.2. The van der Waals surface area contributed by atoms with Crippen molar-refractivity contribution in [3.63, 3.8) is 0 Å². The van der Waals surface area contributed by atoms with Gasteiger partial charge in [-0.15, -0.1) is 0 Å². The summed E-state index contributed by atoms with van der Waals surface area (Å²) in [4.78, 5) is 10.3. The monoisotopic (exact) mass is 774 g/mol. The van der Waals surface area contributed by atoms with E-state index in [0.717, 1.165) is 33.6 Å². The van der Waals surface area contributed by atoms with Gasteiger partial charge in [-0.05, 0) is 96.1 Å². The normalized spacial score (nSPS) is 12.7. The van der Waals surface area contributed by atoms with Crippen LogP contribution in [0, 0.1) is 0 Å². The van der Waals surface area contributed by atoms with Gasteiger partial charge in [-0.25, -0.2) is 9.97 Å². The number of nitrogens with zero attached hydrogens (tertiary/aromatic N) is 2. The van der Waals surface area contributed by atoms with E-state index in [4.69, 9.17) is 9.97 Å². The lowest BCUT2D eigenvalue weighted by Crippen LogP contribution is -2.25. The summed E-state index contributed by atoms with van der Waals surface area (Å²) >= 11 is 0. The van der Waals surface area contributed by atoms with Gasteiger partial charge in [0, 0.05) is 16.7 Å². The number of hydrogen-bond donors (Lipinski definition) is 0. The summed E-state index contributed by atoms with van der Waals surface area (Å²) in [6, 6.07) is 83.4. The minimum atomic E-state index is -0.357. The largest absolute Gasteiger partial charge is 0.228 e. The molecule has 0 unspecified atom stereocenters. The van der Waals surface area contributed by atoms with Crippen LogP contribution in [0.3, 0.4) is 0 Å². The lowest BCUT2D eigenvalue weighted by molar-refractivity contribution is 0.794. The summed E-state index contributed by atoms with van der Waals surface area (Å²) < 4.78 is 0. The molecule has 2 heteroatoms. The summed E-state index contributed by atoms with van der Waals surface area (Å²) in [5.74, 6) is 0.703. The van der Waals surface area contributed by atoms with Crippen LogP contribution < -0.4 is 0 Å².